The van der Waals surface area contributed by atoms with E-state index in [1.54, 1.807) is 30.1 Å². The molecule has 1 fully saturated rings. The molecular weight excluding hydrogens is 318 g/mol. The number of pyridine rings is 2. The third-order valence-electron chi connectivity index (χ3n) is 4.43. The molecule has 0 unspecified atom stereocenters. The first-order chi connectivity index (χ1) is 12.1. The largest absolute Gasteiger partial charge is 0.481 e. The van der Waals surface area contributed by atoms with Crippen LogP contribution in [-0.4, -0.2) is 32.8 Å². The van der Waals surface area contributed by atoms with E-state index in [0.717, 1.165) is 35.3 Å². The quantitative estimate of drug-likeness (QED) is 0.791. The van der Waals surface area contributed by atoms with Crippen LogP contribution < -0.4 is 10.1 Å². The molecule has 0 aliphatic heterocycles. The van der Waals surface area contributed by atoms with Crippen molar-refractivity contribution in [2.75, 3.05) is 12.4 Å². The van der Waals surface area contributed by atoms with E-state index in [1.165, 1.54) is 0 Å². The van der Waals surface area contributed by atoms with Gasteiger partial charge in [-0.3, -0.25) is 9.48 Å². The molecule has 0 radical (unpaired) electrons. The van der Waals surface area contributed by atoms with Gasteiger partial charge >= 0.3 is 0 Å². The molecule has 0 aromatic carbocycles. The molecule has 1 N–H and O–H groups in total. The molecule has 0 spiro atoms. The lowest BCUT2D eigenvalue weighted by Crippen LogP contribution is -2.14. The van der Waals surface area contributed by atoms with E-state index >= 15 is 0 Å². The minimum atomic E-state index is -0.183. The van der Waals surface area contributed by atoms with Gasteiger partial charge in [-0.25, -0.2) is 9.97 Å². The molecule has 1 amide bonds. The maximum absolute atomic E-state index is 12.9. The second-order valence-electron chi connectivity index (χ2n) is 6.32. The summed E-state index contributed by atoms with van der Waals surface area (Å²) in [6.07, 6.45) is 3.82. The average molecular weight is 337 g/mol. The highest BCUT2D eigenvalue weighted by Gasteiger charge is 2.28. The predicted molar refractivity (Wildman–Crippen MR) is 94.0 cm³/mol. The van der Waals surface area contributed by atoms with E-state index in [2.05, 4.69) is 15.4 Å². The molecule has 3 heterocycles. The number of hydrogen-bond acceptors (Lipinski definition) is 5. The van der Waals surface area contributed by atoms with E-state index in [0.29, 0.717) is 23.0 Å². The van der Waals surface area contributed by atoms with Gasteiger partial charge in [-0.2, -0.15) is 5.10 Å². The normalized spacial score (nSPS) is 13.9. The number of aryl methyl sites for hydroxylation is 2. The van der Waals surface area contributed by atoms with Gasteiger partial charge in [-0.05, 0) is 31.9 Å². The fourth-order valence-electron chi connectivity index (χ4n) is 3.00. The topological polar surface area (TPSA) is 81.9 Å². The van der Waals surface area contributed by atoms with Crippen LogP contribution in [0.4, 0.5) is 5.69 Å². The molecule has 25 heavy (non-hydrogen) atoms. The summed E-state index contributed by atoms with van der Waals surface area (Å²) < 4.78 is 6.78. The van der Waals surface area contributed by atoms with Crippen molar-refractivity contribution < 1.29 is 9.53 Å². The summed E-state index contributed by atoms with van der Waals surface area (Å²) >= 11 is 0. The Hall–Kier alpha value is -2.96. The number of methoxy groups -OCH3 is 1. The number of rotatable bonds is 4. The summed E-state index contributed by atoms with van der Waals surface area (Å²) in [5, 5.41) is 8.13. The molecule has 0 atom stereocenters. The third kappa shape index (κ3) is 2.82. The van der Waals surface area contributed by atoms with Gasteiger partial charge in [0.05, 0.1) is 35.6 Å². The number of amides is 1. The molecule has 0 saturated heterocycles. The van der Waals surface area contributed by atoms with Crippen LogP contribution in [0.3, 0.4) is 0 Å². The summed E-state index contributed by atoms with van der Waals surface area (Å²) in [7, 11) is 3.41. The van der Waals surface area contributed by atoms with Crippen molar-refractivity contribution in [2.24, 2.45) is 7.05 Å². The molecule has 1 aliphatic rings. The SMILES string of the molecule is COc1ccc(NC(=O)c2cc(C3CC3)nc3c2c(C)nn3C)cn1. The van der Waals surface area contributed by atoms with E-state index in [4.69, 9.17) is 9.72 Å². The van der Waals surface area contributed by atoms with Crippen LogP contribution in [0.25, 0.3) is 11.0 Å². The fraction of sp³-hybridized carbons (Fsp3) is 0.333. The predicted octanol–water partition coefficient (Wildman–Crippen LogP) is 2.81. The number of carbonyl (C=O) groups is 1. The lowest BCUT2D eigenvalue weighted by molar-refractivity contribution is 0.102. The van der Waals surface area contributed by atoms with E-state index in [9.17, 15) is 4.79 Å². The maximum Gasteiger partial charge on any atom is 0.256 e. The highest BCUT2D eigenvalue weighted by Crippen LogP contribution is 2.40. The molecule has 128 valence electrons. The van der Waals surface area contributed by atoms with Gasteiger partial charge in [0, 0.05) is 24.7 Å². The zero-order chi connectivity index (χ0) is 17.6. The highest BCUT2D eigenvalue weighted by atomic mass is 16.5. The van der Waals surface area contributed by atoms with Crippen molar-refractivity contribution in [1.29, 1.82) is 0 Å². The second kappa shape index (κ2) is 5.84. The van der Waals surface area contributed by atoms with Crippen molar-refractivity contribution in [2.45, 2.75) is 25.7 Å². The molecule has 1 saturated carbocycles. The van der Waals surface area contributed by atoms with Crippen molar-refractivity contribution in [3.63, 3.8) is 0 Å². The average Bonchev–Trinajstić information content (AvgIpc) is 3.42. The Morgan fingerprint density at radius 2 is 2.16 bits per heavy atom. The highest BCUT2D eigenvalue weighted by molar-refractivity contribution is 6.12. The molecule has 3 aromatic heterocycles. The Bertz CT molecular complexity index is 958. The smallest absolute Gasteiger partial charge is 0.256 e. The van der Waals surface area contributed by atoms with Gasteiger partial charge < -0.3 is 10.1 Å². The zero-order valence-corrected chi connectivity index (χ0v) is 14.4. The van der Waals surface area contributed by atoms with Crippen LogP contribution in [0.1, 0.15) is 40.5 Å². The molecular formula is C18H19N5O2. The fourth-order valence-corrected chi connectivity index (χ4v) is 3.00. The van der Waals surface area contributed by atoms with Crippen molar-refractivity contribution in [3.8, 4) is 5.88 Å². The number of anilines is 1. The Kier molecular flexibility index (Phi) is 3.63. The summed E-state index contributed by atoms with van der Waals surface area (Å²) in [5.41, 5.74) is 3.73. The standard InChI is InChI=1S/C18H19N5O2/c1-10-16-13(18(24)20-12-6-7-15(25-3)19-9-12)8-14(11-4-5-11)21-17(16)23(2)22-10/h6-9,11H,4-5H2,1-3H3,(H,20,24). The Labute approximate surface area is 145 Å². The molecule has 3 aromatic rings. The summed E-state index contributed by atoms with van der Waals surface area (Å²) in [6, 6.07) is 5.38. The van der Waals surface area contributed by atoms with Crippen molar-refractivity contribution in [1.82, 2.24) is 19.7 Å². The van der Waals surface area contributed by atoms with Crippen LogP contribution in [-0.2, 0) is 7.05 Å². The monoisotopic (exact) mass is 337 g/mol. The first kappa shape index (κ1) is 15.6. The van der Waals surface area contributed by atoms with Gasteiger partial charge in [0.2, 0.25) is 5.88 Å². The number of nitrogens with zero attached hydrogens (tertiary/aromatic N) is 4. The lowest BCUT2D eigenvalue weighted by atomic mass is 10.1. The molecule has 0 bridgehead atoms. The molecule has 1 aliphatic carbocycles. The minimum absolute atomic E-state index is 0.183. The van der Waals surface area contributed by atoms with Gasteiger partial charge in [0.25, 0.3) is 5.91 Å². The number of hydrogen-bond donors (Lipinski definition) is 1. The Morgan fingerprint density at radius 1 is 1.36 bits per heavy atom. The summed E-state index contributed by atoms with van der Waals surface area (Å²) in [4.78, 5) is 21.7. The molecule has 4 rings (SSSR count). The van der Waals surface area contributed by atoms with Crippen LogP contribution in [0.5, 0.6) is 5.88 Å². The lowest BCUT2D eigenvalue weighted by Gasteiger charge is -2.09. The third-order valence-corrected chi connectivity index (χ3v) is 4.43. The number of nitrogens with one attached hydrogen (secondary N) is 1. The van der Waals surface area contributed by atoms with E-state index in [1.807, 2.05) is 20.0 Å². The van der Waals surface area contributed by atoms with Gasteiger partial charge in [0.1, 0.15) is 0 Å². The van der Waals surface area contributed by atoms with Gasteiger partial charge in [0.15, 0.2) is 5.65 Å². The summed E-state index contributed by atoms with van der Waals surface area (Å²) in [6.45, 7) is 1.90. The van der Waals surface area contributed by atoms with Gasteiger partial charge in [-0.15, -0.1) is 0 Å². The zero-order valence-electron chi connectivity index (χ0n) is 14.4. The number of carbonyl (C=O) groups excluding carboxylic acids is 1. The van der Waals surface area contributed by atoms with Crippen molar-refractivity contribution >= 4 is 22.6 Å². The Morgan fingerprint density at radius 3 is 2.80 bits per heavy atom. The first-order valence-corrected chi connectivity index (χ1v) is 8.22. The van der Waals surface area contributed by atoms with Crippen LogP contribution in [0.2, 0.25) is 0 Å². The Balaban J connectivity index is 1.74. The van der Waals surface area contributed by atoms with Crippen molar-refractivity contribution in [3.05, 3.63) is 41.3 Å². The number of fused-ring (bicyclic) bond motifs is 1. The van der Waals surface area contributed by atoms with Gasteiger partial charge in [-0.1, -0.05) is 0 Å². The van der Waals surface area contributed by atoms with Crippen LogP contribution in [0.15, 0.2) is 24.4 Å². The van der Waals surface area contributed by atoms with E-state index in [-0.39, 0.29) is 5.91 Å². The maximum atomic E-state index is 12.9. The van der Waals surface area contributed by atoms with E-state index < -0.39 is 0 Å². The van der Waals surface area contributed by atoms with Crippen LogP contribution >= 0.6 is 0 Å². The number of ether oxygens (including phenoxy) is 1. The van der Waals surface area contributed by atoms with Crippen LogP contribution in [0, 0.1) is 6.92 Å². The second-order valence-corrected chi connectivity index (χ2v) is 6.32. The number of aromatic nitrogens is 4. The first-order valence-electron chi connectivity index (χ1n) is 8.22. The molecule has 7 nitrogen and oxygen atoms in total. The summed E-state index contributed by atoms with van der Waals surface area (Å²) in [5.74, 6) is 0.773. The minimum Gasteiger partial charge on any atom is -0.481 e. The molecule has 7 heteroatoms.